The van der Waals surface area contributed by atoms with Crippen molar-refractivity contribution < 1.29 is 4.79 Å². The van der Waals surface area contributed by atoms with Gasteiger partial charge in [0.2, 0.25) is 0 Å². The molecule has 2 N–H and O–H groups in total. The number of hydrogen-bond donors (Lipinski definition) is 2. The van der Waals surface area contributed by atoms with Crippen molar-refractivity contribution in [3.8, 4) is 0 Å². The van der Waals surface area contributed by atoms with Gasteiger partial charge >= 0.3 is 0 Å². The van der Waals surface area contributed by atoms with Gasteiger partial charge in [0.25, 0.3) is 5.91 Å². The smallest absolute Gasteiger partial charge is 0.274 e. The van der Waals surface area contributed by atoms with Gasteiger partial charge in [0, 0.05) is 5.02 Å². The molecule has 1 saturated heterocycles. The Morgan fingerprint density at radius 3 is 2.54 bits per heavy atom. The minimum absolute atomic E-state index is 0. The minimum Gasteiger partial charge on any atom is -0.344 e. The summed E-state index contributed by atoms with van der Waals surface area (Å²) in [5, 5.41) is 15.6. The molecule has 1 unspecified atom stereocenters. The van der Waals surface area contributed by atoms with Crippen LogP contribution in [0.5, 0.6) is 0 Å². The molecule has 0 radical (unpaired) electrons. The molecule has 1 atom stereocenters. The molecule has 3 rings (SSSR count). The van der Waals surface area contributed by atoms with E-state index in [-0.39, 0.29) is 24.4 Å². The van der Waals surface area contributed by atoms with Gasteiger partial charge in [-0.15, -0.1) is 17.5 Å². The third kappa shape index (κ3) is 5.46. The van der Waals surface area contributed by atoms with Crippen LogP contribution in [0.15, 0.2) is 24.3 Å². The molecule has 1 aromatic carbocycles. The number of nitrogens with one attached hydrogen (secondary N) is 2. The first kappa shape index (κ1) is 22.7. The van der Waals surface area contributed by atoms with Crippen LogP contribution in [0, 0.1) is 12.8 Å². The molecule has 0 spiro atoms. The van der Waals surface area contributed by atoms with Crippen LogP contribution in [0.4, 0.5) is 0 Å². The number of aromatic nitrogens is 3. The lowest BCUT2D eigenvalue weighted by atomic mass is 9.97. The summed E-state index contributed by atoms with van der Waals surface area (Å²) in [6, 6.07) is 7.87. The quantitative estimate of drug-likeness (QED) is 0.730. The highest BCUT2D eigenvalue weighted by molar-refractivity contribution is 6.30. The van der Waals surface area contributed by atoms with E-state index in [4.69, 9.17) is 11.6 Å². The molecule has 1 fully saturated rings. The molecule has 154 valence electrons. The first-order chi connectivity index (χ1) is 13.0. The minimum atomic E-state index is -0.173. The Morgan fingerprint density at radius 1 is 1.29 bits per heavy atom. The Hall–Kier alpha value is -1.63. The Morgan fingerprint density at radius 2 is 1.93 bits per heavy atom. The predicted octanol–water partition coefficient (Wildman–Crippen LogP) is 4.10. The highest BCUT2D eigenvalue weighted by atomic mass is 35.5. The van der Waals surface area contributed by atoms with Crippen molar-refractivity contribution >= 4 is 29.9 Å². The zero-order chi connectivity index (χ0) is 19.4. The van der Waals surface area contributed by atoms with E-state index < -0.39 is 0 Å². The highest BCUT2D eigenvalue weighted by Crippen LogP contribution is 2.24. The summed E-state index contributed by atoms with van der Waals surface area (Å²) in [5.74, 6) is 0.269. The van der Waals surface area contributed by atoms with E-state index in [1.807, 2.05) is 35.9 Å². The summed E-state index contributed by atoms with van der Waals surface area (Å²) in [6.07, 6.45) is 2.85. The normalized spacial score (nSPS) is 15.9. The largest absolute Gasteiger partial charge is 0.344 e. The van der Waals surface area contributed by atoms with Crippen molar-refractivity contribution in [1.29, 1.82) is 0 Å². The van der Waals surface area contributed by atoms with E-state index in [2.05, 4.69) is 34.8 Å². The second kappa shape index (κ2) is 10.2. The zero-order valence-electron chi connectivity index (χ0n) is 16.6. The fraction of sp³-hybridized carbons (Fsp3) is 0.550. The average Bonchev–Trinajstić information content (AvgIpc) is 3.03. The Bertz CT molecular complexity index is 769. The van der Waals surface area contributed by atoms with Crippen molar-refractivity contribution in [3.63, 3.8) is 0 Å². The van der Waals surface area contributed by atoms with Crippen molar-refractivity contribution in [2.45, 2.75) is 52.1 Å². The maximum atomic E-state index is 12.9. The molecule has 6 nitrogen and oxygen atoms in total. The SMILES string of the molecule is Cc1c(C(=O)NC(CC(C)C)c2ccc(Cl)cc2)nnn1C1CCNCC1.Cl. The molecule has 2 aromatic rings. The highest BCUT2D eigenvalue weighted by Gasteiger charge is 2.25. The summed E-state index contributed by atoms with van der Waals surface area (Å²) in [4.78, 5) is 12.9. The van der Waals surface area contributed by atoms with E-state index in [0.717, 1.165) is 43.6 Å². The van der Waals surface area contributed by atoms with Crippen molar-refractivity contribution in [3.05, 3.63) is 46.2 Å². The summed E-state index contributed by atoms with van der Waals surface area (Å²) in [6.45, 7) is 8.16. The lowest BCUT2D eigenvalue weighted by molar-refractivity contribution is 0.0926. The summed E-state index contributed by atoms with van der Waals surface area (Å²) in [7, 11) is 0. The number of nitrogens with zero attached hydrogens (tertiary/aromatic N) is 3. The number of carbonyl (C=O) groups is 1. The molecular weight excluding hydrogens is 397 g/mol. The molecule has 1 aromatic heterocycles. The van der Waals surface area contributed by atoms with Gasteiger partial charge in [-0.1, -0.05) is 42.8 Å². The molecule has 1 amide bonds. The molecule has 8 heteroatoms. The first-order valence-corrected chi connectivity index (χ1v) is 10.0. The number of carbonyl (C=O) groups excluding carboxylic acids is 1. The molecule has 0 saturated carbocycles. The standard InChI is InChI=1S/C20H28ClN5O.ClH/c1-13(2)12-18(15-4-6-16(21)7-5-15)23-20(27)19-14(3)26(25-24-19)17-8-10-22-11-9-17;/h4-7,13,17-18,22H,8-12H2,1-3H3,(H,23,27);1H. The molecule has 2 heterocycles. The van der Waals surface area contributed by atoms with Crippen LogP contribution in [0.3, 0.4) is 0 Å². The van der Waals surface area contributed by atoms with Crippen LogP contribution in [0.2, 0.25) is 5.02 Å². The van der Waals surface area contributed by atoms with Gasteiger partial charge in [0.15, 0.2) is 5.69 Å². The maximum Gasteiger partial charge on any atom is 0.274 e. The Labute approximate surface area is 177 Å². The maximum absolute atomic E-state index is 12.9. The van der Waals surface area contributed by atoms with Crippen LogP contribution in [0.25, 0.3) is 0 Å². The van der Waals surface area contributed by atoms with E-state index in [1.54, 1.807) is 0 Å². The summed E-state index contributed by atoms with van der Waals surface area (Å²) in [5.41, 5.74) is 2.29. The predicted molar refractivity (Wildman–Crippen MR) is 114 cm³/mol. The fourth-order valence-electron chi connectivity index (χ4n) is 3.62. The second-order valence-electron chi connectivity index (χ2n) is 7.66. The topological polar surface area (TPSA) is 71.8 Å². The second-order valence-corrected chi connectivity index (χ2v) is 8.09. The molecular formula is C20H29Cl2N5O. The number of benzene rings is 1. The van der Waals surface area contributed by atoms with Crippen molar-refractivity contribution in [1.82, 2.24) is 25.6 Å². The van der Waals surface area contributed by atoms with E-state index in [1.165, 1.54) is 0 Å². The lowest BCUT2D eigenvalue weighted by Crippen LogP contribution is -2.31. The number of rotatable bonds is 6. The van der Waals surface area contributed by atoms with Crippen LogP contribution < -0.4 is 10.6 Å². The zero-order valence-corrected chi connectivity index (χ0v) is 18.2. The molecule has 0 bridgehead atoms. The summed E-state index contributed by atoms with van der Waals surface area (Å²) < 4.78 is 1.91. The number of amides is 1. The molecule has 0 aliphatic carbocycles. The van der Waals surface area contributed by atoms with Crippen LogP contribution in [-0.2, 0) is 0 Å². The monoisotopic (exact) mass is 425 g/mol. The molecule has 1 aliphatic heterocycles. The van der Waals surface area contributed by atoms with Crippen molar-refractivity contribution in [2.75, 3.05) is 13.1 Å². The van der Waals surface area contributed by atoms with Crippen LogP contribution >= 0.6 is 24.0 Å². The van der Waals surface area contributed by atoms with Crippen molar-refractivity contribution in [2.24, 2.45) is 5.92 Å². The van der Waals surface area contributed by atoms with Gasteiger partial charge < -0.3 is 10.6 Å². The van der Waals surface area contributed by atoms with Gasteiger partial charge in [-0.2, -0.15) is 0 Å². The first-order valence-electron chi connectivity index (χ1n) is 9.64. The fourth-order valence-corrected chi connectivity index (χ4v) is 3.75. The average molecular weight is 426 g/mol. The van der Waals surface area contributed by atoms with E-state index in [9.17, 15) is 4.79 Å². The summed E-state index contributed by atoms with van der Waals surface area (Å²) >= 11 is 6.01. The number of hydrogen-bond acceptors (Lipinski definition) is 4. The molecule has 28 heavy (non-hydrogen) atoms. The van der Waals surface area contributed by atoms with Gasteiger partial charge in [-0.25, -0.2) is 4.68 Å². The van der Waals surface area contributed by atoms with Gasteiger partial charge in [0.1, 0.15) is 0 Å². The van der Waals surface area contributed by atoms with Crippen LogP contribution in [-0.4, -0.2) is 34.0 Å². The Kier molecular flexibility index (Phi) is 8.28. The van der Waals surface area contributed by atoms with Gasteiger partial charge in [-0.3, -0.25) is 4.79 Å². The number of piperidine rings is 1. The lowest BCUT2D eigenvalue weighted by Gasteiger charge is -2.23. The van der Waals surface area contributed by atoms with E-state index >= 15 is 0 Å². The van der Waals surface area contributed by atoms with E-state index in [0.29, 0.717) is 22.7 Å². The third-order valence-corrected chi connectivity index (χ3v) is 5.33. The number of halogens is 2. The van der Waals surface area contributed by atoms with Crippen LogP contribution in [0.1, 0.15) is 66.9 Å². The van der Waals surface area contributed by atoms with Gasteiger partial charge in [0.05, 0.1) is 17.8 Å². The molecule has 1 aliphatic rings. The Balaban J connectivity index is 0.00000280. The van der Waals surface area contributed by atoms with Gasteiger partial charge in [-0.05, 0) is 62.9 Å². The third-order valence-electron chi connectivity index (χ3n) is 5.08.